The molecule has 2 nitrogen and oxygen atoms in total. The molecule has 0 bridgehead atoms. The first-order valence-electron chi connectivity index (χ1n) is 4.22. The summed E-state index contributed by atoms with van der Waals surface area (Å²) >= 11 is 0. The second-order valence-electron chi connectivity index (χ2n) is 2.96. The Balaban J connectivity index is 2.59. The smallest absolute Gasteiger partial charge is 0.229 e. The molecule has 1 unspecified atom stereocenters. The van der Waals surface area contributed by atoms with E-state index in [0.29, 0.717) is 0 Å². The molecular weight excluding hydrogens is 138 g/mol. The fraction of sp³-hybridized carbons (Fsp3) is 0.667. The maximum Gasteiger partial charge on any atom is 0.229 e. The van der Waals surface area contributed by atoms with E-state index in [4.69, 9.17) is 0 Å². The van der Waals surface area contributed by atoms with E-state index in [0.717, 1.165) is 25.8 Å². The monoisotopic (exact) mass is 153 g/mol. The van der Waals surface area contributed by atoms with Gasteiger partial charge in [0.15, 0.2) is 0 Å². The molecule has 2 heteroatoms. The van der Waals surface area contributed by atoms with Crippen LogP contribution in [-0.2, 0) is 4.79 Å². The summed E-state index contributed by atoms with van der Waals surface area (Å²) in [5.41, 5.74) is 0. The fourth-order valence-corrected chi connectivity index (χ4v) is 1.54. The van der Waals surface area contributed by atoms with E-state index in [1.165, 1.54) is 0 Å². The lowest BCUT2D eigenvalue weighted by molar-refractivity contribution is -0.135. The van der Waals surface area contributed by atoms with Crippen molar-refractivity contribution in [3.63, 3.8) is 0 Å². The zero-order valence-corrected chi connectivity index (χ0v) is 7.05. The van der Waals surface area contributed by atoms with Gasteiger partial charge in [-0.15, -0.1) is 0 Å². The molecule has 1 aliphatic rings. The van der Waals surface area contributed by atoms with Crippen LogP contribution in [-0.4, -0.2) is 17.4 Å². The number of rotatable bonds is 2. The second-order valence-corrected chi connectivity index (χ2v) is 2.96. The number of amides is 1. The van der Waals surface area contributed by atoms with E-state index in [1.54, 1.807) is 11.1 Å². The van der Waals surface area contributed by atoms with Crippen molar-refractivity contribution in [3.05, 3.63) is 12.8 Å². The van der Waals surface area contributed by atoms with Crippen LogP contribution in [0.2, 0.25) is 0 Å². The van der Waals surface area contributed by atoms with Gasteiger partial charge in [0.1, 0.15) is 0 Å². The molecule has 1 rings (SSSR count). The number of carbonyl (C=O) groups excluding carboxylic acids is 1. The number of hydrogen-bond donors (Lipinski definition) is 0. The van der Waals surface area contributed by atoms with Gasteiger partial charge in [0.2, 0.25) is 5.91 Å². The minimum absolute atomic E-state index is 0.252. The van der Waals surface area contributed by atoms with Crippen LogP contribution >= 0.6 is 0 Å². The Morgan fingerprint density at radius 1 is 1.82 bits per heavy atom. The second kappa shape index (κ2) is 3.56. The molecule has 0 radical (unpaired) electrons. The molecule has 0 aromatic carbocycles. The van der Waals surface area contributed by atoms with Gasteiger partial charge in [-0.05, 0) is 25.5 Å². The van der Waals surface area contributed by atoms with Gasteiger partial charge < -0.3 is 4.90 Å². The molecule has 0 N–H and O–H groups in total. The predicted molar refractivity (Wildman–Crippen MR) is 44.9 cm³/mol. The average molecular weight is 153 g/mol. The third-order valence-corrected chi connectivity index (χ3v) is 2.30. The molecule has 1 amide bonds. The highest BCUT2D eigenvalue weighted by Gasteiger charge is 2.24. The zero-order chi connectivity index (χ0) is 8.27. The number of likely N-dealkylation sites (tertiary alicyclic amines) is 1. The van der Waals surface area contributed by atoms with Crippen LogP contribution in [0.4, 0.5) is 0 Å². The van der Waals surface area contributed by atoms with Gasteiger partial charge in [-0.3, -0.25) is 4.79 Å². The normalized spacial score (nSPS) is 25.4. The predicted octanol–water partition coefficient (Wildman–Crippen LogP) is 1.78. The lowest BCUT2D eigenvalue weighted by Crippen LogP contribution is -2.37. The first-order chi connectivity index (χ1) is 5.29. The van der Waals surface area contributed by atoms with Crippen molar-refractivity contribution in [2.75, 3.05) is 6.54 Å². The van der Waals surface area contributed by atoms with Crippen LogP contribution in [0.3, 0.4) is 0 Å². The van der Waals surface area contributed by atoms with Crippen LogP contribution in [0, 0.1) is 5.92 Å². The molecule has 0 aromatic rings. The Kier molecular flexibility index (Phi) is 2.69. The van der Waals surface area contributed by atoms with Gasteiger partial charge >= 0.3 is 0 Å². The van der Waals surface area contributed by atoms with Crippen molar-refractivity contribution in [1.29, 1.82) is 0 Å². The lowest BCUT2D eigenvalue weighted by Gasteiger charge is -2.28. The summed E-state index contributed by atoms with van der Waals surface area (Å²) in [7, 11) is 0. The molecule has 1 saturated heterocycles. The molecule has 1 atom stereocenters. The van der Waals surface area contributed by atoms with Crippen LogP contribution in [0.5, 0.6) is 0 Å². The highest BCUT2D eigenvalue weighted by molar-refractivity contribution is 5.80. The number of nitrogens with zero attached hydrogens (tertiary/aromatic N) is 1. The number of piperidine rings is 1. The van der Waals surface area contributed by atoms with Crippen LogP contribution in [0.25, 0.3) is 0 Å². The largest absolute Gasteiger partial charge is 0.319 e. The molecule has 1 aliphatic heterocycles. The standard InChI is InChI=1S/C9H15NO/c1-3-8-6-5-7-10(4-2)9(8)11/h4,8H,2-3,5-7H2,1H3. The third kappa shape index (κ3) is 1.62. The number of hydrogen-bond acceptors (Lipinski definition) is 1. The minimum atomic E-state index is 0.252. The van der Waals surface area contributed by atoms with Gasteiger partial charge in [0, 0.05) is 12.5 Å². The van der Waals surface area contributed by atoms with Crippen molar-refractivity contribution in [1.82, 2.24) is 4.90 Å². The molecule has 0 saturated carbocycles. The lowest BCUT2D eigenvalue weighted by atomic mass is 9.95. The Bertz CT molecular complexity index is 165. The third-order valence-electron chi connectivity index (χ3n) is 2.30. The van der Waals surface area contributed by atoms with Gasteiger partial charge in [-0.1, -0.05) is 13.5 Å². The van der Waals surface area contributed by atoms with E-state index in [-0.39, 0.29) is 11.8 Å². The van der Waals surface area contributed by atoms with E-state index in [2.05, 4.69) is 13.5 Å². The quantitative estimate of drug-likeness (QED) is 0.592. The van der Waals surface area contributed by atoms with Crippen molar-refractivity contribution < 1.29 is 4.79 Å². The van der Waals surface area contributed by atoms with Crippen LogP contribution in [0.1, 0.15) is 26.2 Å². The Morgan fingerprint density at radius 2 is 2.55 bits per heavy atom. The van der Waals surface area contributed by atoms with Crippen LogP contribution < -0.4 is 0 Å². The average Bonchev–Trinajstić information content (AvgIpc) is 2.05. The molecule has 62 valence electrons. The first-order valence-corrected chi connectivity index (χ1v) is 4.22. The minimum Gasteiger partial charge on any atom is -0.319 e. The maximum absolute atomic E-state index is 11.4. The van der Waals surface area contributed by atoms with E-state index in [1.807, 2.05) is 0 Å². The van der Waals surface area contributed by atoms with Crippen molar-refractivity contribution >= 4 is 5.91 Å². The van der Waals surface area contributed by atoms with Crippen molar-refractivity contribution in [2.24, 2.45) is 5.92 Å². The van der Waals surface area contributed by atoms with Gasteiger partial charge in [-0.25, -0.2) is 0 Å². The zero-order valence-electron chi connectivity index (χ0n) is 7.05. The summed E-state index contributed by atoms with van der Waals surface area (Å²) in [6.07, 6.45) is 4.78. The molecular formula is C9H15NO. The highest BCUT2D eigenvalue weighted by Crippen LogP contribution is 2.20. The SMILES string of the molecule is C=CN1CCCC(CC)C1=O. The first kappa shape index (κ1) is 8.31. The summed E-state index contributed by atoms with van der Waals surface area (Å²) < 4.78 is 0. The molecule has 11 heavy (non-hydrogen) atoms. The topological polar surface area (TPSA) is 20.3 Å². The van der Waals surface area contributed by atoms with E-state index < -0.39 is 0 Å². The summed E-state index contributed by atoms with van der Waals surface area (Å²) in [5.74, 6) is 0.510. The summed E-state index contributed by atoms with van der Waals surface area (Å²) in [6, 6.07) is 0. The molecule has 0 aliphatic carbocycles. The molecule has 1 heterocycles. The van der Waals surface area contributed by atoms with Crippen molar-refractivity contribution in [3.8, 4) is 0 Å². The number of carbonyl (C=O) groups is 1. The summed E-state index contributed by atoms with van der Waals surface area (Å²) in [6.45, 7) is 6.53. The van der Waals surface area contributed by atoms with E-state index >= 15 is 0 Å². The maximum atomic E-state index is 11.4. The molecule has 0 aromatic heterocycles. The Hall–Kier alpha value is -0.790. The Labute approximate surface area is 67.9 Å². The fourth-order valence-electron chi connectivity index (χ4n) is 1.54. The van der Waals surface area contributed by atoms with E-state index in [9.17, 15) is 4.79 Å². The van der Waals surface area contributed by atoms with Crippen LogP contribution in [0.15, 0.2) is 12.8 Å². The van der Waals surface area contributed by atoms with Gasteiger partial charge in [-0.2, -0.15) is 0 Å². The van der Waals surface area contributed by atoms with Gasteiger partial charge in [0.25, 0.3) is 0 Å². The summed E-state index contributed by atoms with van der Waals surface area (Å²) in [4.78, 5) is 13.2. The summed E-state index contributed by atoms with van der Waals surface area (Å²) in [5, 5.41) is 0. The van der Waals surface area contributed by atoms with Gasteiger partial charge in [0.05, 0.1) is 0 Å². The van der Waals surface area contributed by atoms with Crippen molar-refractivity contribution in [2.45, 2.75) is 26.2 Å². The highest BCUT2D eigenvalue weighted by atomic mass is 16.2. The Morgan fingerprint density at radius 3 is 3.09 bits per heavy atom. The molecule has 0 spiro atoms. The molecule has 1 fully saturated rings.